The highest BCUT2D eigenvalue weighted by Crippen LogP contribution is 2.26. The summed E-state index contributed by atoms with van der Waals surface area (Å²) in [7, 11) is 0.913. The van der Waals surface area contributed by atoms with Gasteiger partial charge in [-0.3, -0.25) is 15.2 Å². The molecule has 0 radical (unpaired) electrons. The normalized spacial score (nSPS) is 14.8. The van der Waals surface area contributed by atoms with E-state index in [2.05, 4.69) is 4.72 Å². The van der Waals surface area contributed by atoms with Crippen LogP contribution < -0.4 is 15.3 Å². The predicted octanol–water partition coefficient (Wildman–Crippen LogP) is 3.27. The Kier molecular flexibility index (Phi) is 8.35. The second kappa shape index (κ2) is 11.5. The highest BCUT2D eigenvalue weighted by molar-refractivity contribution is 7.89. The number of carbonyl (C=O) groups excluding carboxylic acids is 1. The minimum atomic E-state index is -4.01. The van der Waals surface area contributed by atoms with E-state index in [9.17, 15) is 13.2 Å². The van der Waals surface area contributed by atoms with Crippen LogP contribution in [0.3, 0.4) is 0 Å². The van der Waals surface area contributed by atoms with Gasteiger partial charge in [0.05, 0.1) is 12.0 Å². The number of fused-ring (bicyclic) bond motifs is 1. The van der Waals surface area contributed by atoms with E-state index >= 15 is 0 Å². The number of ether oxygens (including phenoxy) is 1. The Morgan fingerprint density at radius 1 is 1.05 bits per heavy atom. The molecule has 10 heteroatoms. The second-order valence-corrected chi connectivity index (χ2v) is 11.5. The summed E-state index contributed by atoms with van der Waals surface area (Å²) in [6.07, 6.45) is 4.12. The zero-order valence-electron chi connectivity index (χ0n) is 22.0. The van der Waals surface area contributed by atoms with Crippen molar-refractivity contribution in [3.05, 3.63) is 71.8 Å². The standard InChI is InChI=1S/C28H35N5O4S/c1-32(23-6-4-5-7-23)28(34)26(16-19-8-10-20(11-9-19)27(29)33(2)30)31-38(35,36)25-15-13-21-17-24(37-3)14-12-22(21)18-25/h8-15,17-18,23,26,29,31H,4-7,16,30H2,1-3H3/t26-/m0/s1. The van der Waals surface area contributed by atoms with Crippen molar-refractivity contribution in [2.45, 2.75) is 49.1 Å². The molecule has 1 amide bonds. The first kappa shape index (κ1) is 27.6. The number of amides is 1. The average Bonchev–Trinajstić information content (AvgIpc) is 3.46. The van der Waals surface area contributed by atoms with Crippen LogP contribution in [-0.4, -0.2) is 63.4 Å². The summed E-state index contributed by atoms with van der Waals surface area (Å²) in [6, 6.07) is 16.5. The molecular formula is C28H35N5O4S. The van der Waals surface area contributed by atoms with Gasteiger partial charge in [-0.2, -0.15) is 4.72 Å². The molecule has 0 unspecified atom stereocenters. The number of sulfonamides is 1. The highest BCUT2D eigenvalue weighted by Gasteiger charge is 2.32. The first-order chi connectivity index (χ1) is 18.1. The molecule has 1 atom stereocenters. The number of hydrazine groups is 1. The molecule has 3 aromatic carbocycles. The van der Waals surface area contributed by atoms with Crippen LogP contribution in [0.25, 0.3) is 10.8 Å². The second-order valence-electron chi connectivity index (χ2n) is 9.80. The molecule has 1 aliphatic rings. The fourth-order valence-electron chi connectivity index (χ4n) is 4.89. The molecule has 202 valence electrons. The number of nitrogens with one attached hydrogen (secondary N) is 2. The van der Waals surface area contributed by atoms with Crippen LogP contribution in [0.5, 0.6) is 5.75 Å². The minimum absolute atomic E-state index is 0.0891. The molecular weight excluding hydrogens is 502 g/mol. The molecule has 0 spiro atoms. The lowest BCUT2D eigenvalue weighted by atomic mass is 10.0. The van der Waals surface area contributed by atoms with Crippen molar-refractivity contribution < 1.29 is 17.9 Å². The quantitative estimate of drug-likeness (QED) is 0.166. The van der Waals surface area contributed by atoms with Gasteiger partial charge in [-0.25, -0.2) is 14.3 Å². The van der Waals surface area contributed by atoms with Gasteiger partial charge in [0.15, 0.2) is 0 Å². The van der Waals surface area contributed by atoms with Crippen molar-refractivity contribution in [3.8, 4) is 5.75 Å². The van der Waals surface area contributed by atoms with E-state index in [0.717, 1.165) is 42.0 Å². The van der Waals surface area contributed by atoms with Gasteiger partial charge in [-0.15, -0.1) is 0 Å². The molecule has 9 nitrogen and oxygen atoms in total. The van der Waals surface area contributed by atoms with Crippen LogP contribution in [0, 0.1) is 5.41 Å². The number of nitrogens with zero attached hydrogens (tertiary/aromatic N) is 2. The monoisotopic (exact) mass is 537 g/mol. The van der Waals surface area contributed by atoms with Gasteiger partial charge in [-0.05, 0) is 59.9 Å². The van der Waals surface area contributed by atoms with Gasteiger partial charge >= 0.3 is 0 Å². The average molecular weight is 538 g/mol. The Labute approximate surface area is 224 Å². The van der Waals surface area contributed by atoms with E-state index in [1.807, 2.05) is 12.1 Å². The van der Waals surface area contributed by atoms with Crippen LogP contribution in [-0.2, 0) is 21.2 Å². The molecule has 0 bridgehead atoms. The zero-order chi connectivity index (χ0) is 27.4. The molecule has 1 saturated carbocycles. The molecule has 38 heavy (non-hydrogen) atoms. The lowest BCUT2D eigenvalue weighted by molar-refractivity contribution is -0.133. The Balaban J connectivity index is 1.61. The SMILES string of the molecule is COc1ccc2cc(S(=O)(=O)N[C@@H](Cc3ccc(C(=N)N(C)N)cc3)C(=O)N(C)C3CCCC3)ccc2c1. The van der Waals surface area contributed by atoms with E-state index in [-0.39, 0.29) is 29.1 Å². The third kappa shape index (κ3) is 6.15. The molecule has 4 rings (SSSR count). The van der Waals surface area contributed by atoms with Crippen molar-refractivity contribution >= 4 is 32.5 Å². The number of nitrogens with two attached hydrogens (primary N) is 1. The number of amidine groups is 1. The molecule has 0 aliphatic heterocycles. The molecule has 1 fully saturated rings. The van der Waals surface area contributed by atoms with Gasteiger partial charge < -0.3 is 9.64 Å². The number of benzene rings is 3. The number of carbonyl (C=O) groups is 1. The first-order valence-electron chi connectivity index (χ1n) is 12.6. The zero-order valence-corrected chi connectivity index (χ0v) is 22.8. The van der Waals surface area contributed by atoms with Gasteiger partial charge in [0.1, 0.15) is 17.6 Å². The Morgan fingerprint density at radius 2 is 1.68 bits per heavy atom. The van der Waals surface area contributed by atoms with Crippen molar-refractivity contribution in [2.24, 2.45) is 5.84 Å². The van der Waals surface area contributed by atoms with E-state index in [0.29, 0.717) is 11.3 Å². The van der Waals surface area contributed by atoms with E-state index in [1.54, 1.807) is 68.6 Å². The number of hydrogen-bond acceptors (Lipinski definition) is 6. The Bertz CT molecular complexity index is 1420. The van der Waals surface area contributed by atoms with E-state index < -0.39 is 16.1 Å². The van der Waals surface area contributed by atoms with Gasteiger partial charge in [0.25, 0.3) is 0 Å². The molecule has 0 heterocycles. The lowest BCUT2D eigenvalue weighted by Crippen LogP contribution is -2.50. The molecule has 4 N–H and O–H groups in total. The van der Waals surface area contributed by atoms with Gasteiger partial charge in [0, 0.05) is 25.7 Å². The topological polar surface area (TPSA) is 129 Å². The van der Waals surface area contributed by atoms with E-state index in [1.165, 1.54) is 11.1 Å². The first-order valence-corrected chi connectivity index (χ1v) is 14.1. The van der Waals surface area contributed by atoms with E-state index in [4.69, 9.17) is 16.0 Å². The van der Waals surface area contributed by atoms with Crippen LogP contribution in [0.2, 0.25) is 0 Å². The largest absolute Gasteiger partial charge is 0.497 e. The fraction of sp³-hybridized carbons (Fsp3) is 0.357. The third-order valence-corrected chi connectivity index (χ3v) is 8.63. The summed E-state index contributed by atoms with van der Waals surface area (Å²) in [4.78, 5) is 15.4. The summed E-state index contributed by atoms with van der Waals surface area (Å²) in [5.41, 5.74) is 1.39. The molecule has 0 aromatic heterocycles. The van der Waals surface area contributed by atoms with Crippen molar-refractivity contribution in [1.82, 2.24) is 14.6 Å². The highest BCUT2D eigenvalue weighted by atomic mass is 32.2. The Morgan fingerprint density at radius 3 is 2.32 bits per heavy atom. The van der Waals surface area contributed by atoms with Crippen molar-refractivity contribution in [1.29, 1.82) is 5.41 Å². The third-order valence-electron chi connectivity index (χ3n) is 7.16. The van der Waals surface area contributed by atoms with Crippen LogP contribution in [0.15, 0.2) is 65.6 Å². The predicted molar refractivity (Wildman–Crippen MR) is 149 cm³/mol. The molecule has 3 aromatic rings. The number of hydrogen-bond donors (Lipinski definition) is 3. The Hall–Kier alpha value is -3.47. The van der Waals surface area contributed by atoms with Gasteiger partial charge in [-0.1, -0.05) is 49.2 Å². The van der Waals surface area contributed by atoms with Crippen molar-refractivity contribution in [3.63, 3.8) is 0 Å². The maximum absolute atomic E-state index is 13.6. The fourth-order valence-corrected chi connectivity index (χ4v) is 6.11. The smallest absolute Gasteiger partial charge is 0.241 e. The number of likely N-dealkylation sites (N-methyl/N-ethyl adjacent to an activating group) is 1. The summed E-state index contributed by atoms with van der Waals surface area (Å²) < 4.78 is 35.0. The maximum atomic E-state index is 13.6. The molecule has 1 aliphatic carbocycles. The van der Waals surface area contributed by atoms with Crippen LogP contribution >= 0.6 is 0 Å². The maximum Gasteiger partial charge on any atom is 0.241 e. The molecule has 0 saturated heterocycles. The number of methoxy groups -OCH3 is 1. The summed E-state index contributed by atoms with van der Waals surface area (Å²) in [6.45, 7) is 0. The summed E-state index contributed by atoms with van der Waals surface area (Å²) in [5.74, 6) is 6.25. The van der Waals surface area contributed by atoms with Crippen LogP contribution in [0.1, 0.15) is 36.8 Å². The minimum Gasteiger partial charge on any atom is -0.497 e. The van der Waals surface area contributed by atoms with Crippen molar-refractivity contribution in [2.75, 3.05) is 21.2 Å². The number of rotatable bonds is 9. The van der Waals surface area contributed by atoms with Gasteiger partial charge in [0.2, 0.25) is 15.9 Å². The summed E-state index contributed by atoms with van der Waals surface area (Å²) in [5, 5.41) is 10.9. The summed E-state index contributed by atoms with van der Waals surface area (Å²) >= 11 is 0. The lowest BCUT2D eigenvalue weighted by Gasteiger charge is -2.29. The van der Waals surface area contributed by atoms with Crippen LogP contribution in [0.4, 0.5) is 0 Å².